The van der Waals surface area contributed by atoms with Crippen LogP contribution in [-0.4, -0.2) is 43.3 Å². The SMILES string of the molecule is F[C@H]1CNCC[C@H]1N1CCC1. The monoisotopic (exact) mass is 158 g/mol. The minimum atomic E-state index is -0.635. The van der Waals surface area contributed by atoms with E-state index in [2.05, 4.69) is 10.2 Å². The number of nitrogens with zero attached hydrogens (tertiary/aromatic N) is 1. The summed E-state index contributed by atoms with van der Waals surface area (Å²) < 4.78 is 13.2. The maximum absolute atomic E-state index is 13.2. The van der Waals surface area contributed by atoms with E-state index >= 15 is 0 Å². The van der Waals surface area contributed by atoms with Gasteiger partial charge in [0.2, 0.25) is 0 Å². The Hall–Kier alpha value is -0.150. The van der Waals surface area contributed by atoms with Gasteiger partial charge >= 0.3 is 0 Å². The van der Waals surface area contributed by atoms with Gasteiger partial charge in [-0.3, -0.25) is 4.90 Å². The lowest BCUT2D eigenvalue weighted by Crippen LogP contribution is -2.55. The first-order valence-corrected chi connectivity index (χ1v) is 4.47. The van der Waals surface area contributed by atoms with Crippen molar-refractivity contribution in [2.24, 2.45) is 0 Å². The zero-order valence-electron chi connectivity index (χ0n) is 6.72. The summed E-state index contributed by atoms with van der Waals surface area (Å²) in [4.78, 5) is 2.27. The molecule has 2 rings (SSSR count). The van der Waals surface area contributed by atoms with Gasteiger partial charge in [-0.15, -0.1) is 0 Å². The van der Waals surface area contributed by atoms with Crippen molar-refractivity contribution in [3.05, 3.63) is 0 Å². The number of likely N-dealkylation sites (tertiary alicyclic amines) is 1. The zero-order chi connectivity index (χ0) is 7.68. The maximum atomic E-state index is 13.2. The van der Waals surface area contributed by atoms with Crippen LogP contribution in [0.3, 0.4) is 0 Å². The van der Waals surface area contributed by atoms with Gasteiger partial charge in [0.1, 0.15) is 6.17 Å². The first-order chi connectivity index (χ1) is 5.38. The van der Waals surface area contributed by atoms with Gasteiger partial charge in [-0.1, -0.05) is 0 Å². The highest BCUT2D eigenvalue weighted by Gasteiger charge is 2.32. The average Bonchev–Trinajstić information content (AvgIpc) is 1.90. The number of halogens is 1. The topological polar surface area (TPSA) is 15.3 Å². The fourth-order valence-corrected chi connectivity index (χ4v) is 1.89. The Labute approximate surface area is 66.8 Å². The number of alkyl halides is 1. The van der Waals surface area contributed by atoms with E-state index in [9.17, 15) is 4.39 Å². The summed E-state index contributed by atoms with van der Waals surface area (Å²) in [7, 11) is 0. The molecular formula is C8H15FN2. The average molecular weight is 158 g/mol. The predicted octanol–water partition coefficient (Wildman–Crippen LogP) is 0.392. The van der Waals surface area contributed by atoms with Crippen molar-refractivity contribution in [1.82, 2.24) is 10.2 Å². The van der Waals surface area contributed by atoms with E-state index < -0.39 is 6.17 Å². The van der Waals surface area contributed by atoms with Crippen LogP contribution in [-0.2, 0) is 0 Å². The van der Waals surface area contributed by atoms with Crippen LogP contribution in [0, 0.1) is 0 Å². The van der Waals surface area contributed by atoms with Crippen molar-refractivity contribution in [1.29, 1.82) is 0 Å². The lowest BCUT2D eigenvalue weighted by atomic mass is 9.99. The molecule has 0 bridgehead atoms. The zero-order valence-corrected chi connectivity index (χ0v) is 6.72. The van der Waals surface area contributed by atoms with E-state index in [1.54, 1.807) is 0 Å². The van der Waals surface area contributed by atoms with E-state index in [0.717, 1.165) is 26.1 Å². The molecule has 2 saturated heterocycles. The summed E-state index contributed by atoms with van der Waals surface area (Å²) in [6, 6.07) is 0.227. The molecule has 2 aliphatic rings. The highest BCUT2D eigenvalue weighted by molar-refractivity contribution is 4.88. The first kappa shape index (κ1) is 7.50. The Morgan fingerprint density at radius 1 is 1.36 bits per heavy atom. The smallest absolute Gasteiger partial charge is 0.128 e. The van der Waals surface area contributed by atoms with Crippen LogP contribution in [0.25, 0.3) is 0 Å². The minimum absolute atomic E-state index is 0.227. The molecule has 2 atom stereocenters. The van der Waals surface area contributed by atoms with Gasteiger partial charge in [0.15, 0.2) is 0 Å². The molecule has 0 aliphatic carbocycles. The Bertz CT molecular complexity index is 134. The van der Waals surface area contributed by atoms with Crippen molar-refractivity contribution in [3.63, 3.8) is 0 Å². The summed E-state index contributed by atoms with van der Waals surface area (Å²) >= 11 is 0. The molecule has 0 radical (unpaired) electrons. The third-order valence-electron chi connectivity index (χ3n) is 2.73. The third kappa shape index (κ3) is 1.40. The van der Waals surface area contributed by atoms with Gasteiger partial charge in [-0.25, -0.2) is 4.39 Å². The van der Waals surface area contributed by atoms with Crippen molar-refractivity contribution >= 4 is 0 Å². The molecule has 0 amide bonds. The van der Waals surface area contributed by atoms with E-state index in [1.165, 1.54) is 6.42 Å². The van der Waals surface area contributed by atoms with Gasteiger partial charge in [-0.2, -0.15) is 0 Å². The fraction of sp³-hybridized carbons (Fsp3) is 1.00. The molecule has 2 fully saturated rings. The summed E-state index contributed by atoms with van der Waals surface area (Å²) in [5.41, 5.74) is 0. The normalized spacial score (nSPS) is 40.1. The number of rotatable bonds is 1. The Morgan fingerprint density at radius 3 is 2.73 bits per heavy atom. The van der Waals surface area contributed by atoms with Crippen LogP contribution in [0.15, 0.2) is 0 Å². The summed E-state index contributed by atoms with van der Waals surface area (Å²) in [6.07, 6.45) is 1.61. The fourth-order valence-electron chi connectivity index (χ4n) is 1.89. The van der Waals surface area contributed by atoms with Crippen LogP contribution < -0.4 is 5.32 Å². The summed E-state index contributed by atoms with van der Waals surface area (Å²) in [5, 5.41) is 3.07. The van der Waals surface area contributed by atoms with Gasteiger partial charge < -0.3 is 5.32 Å². The van der Waals surface area contributed by atoms with Crippen molar-refractivity contribution < 1.29 is 4.39 Å². The highest BCUT2D eigenvalue weighted by atomic mass is 19.1. The predicted molar refractivity (Wildman–Crippen MR) is 42.4 cm³/mol. The number of nitrogens with one attached hydrogen (secondary N) is 1. The largest absolute Gasteiger partial charge is 0.314 e. The second kappa shape index (κ2) is 3.07. The van der Waals surface area contributed by atoms with Gasteiger partial charge in [0, 0.05) is 12.6 Å². The van der Waals surface area contributed by atoms with Crippen LogP contribution in [0.2, 0.25) is 0 Å². The van der Waals surface area contributed by atoms with Crippen LogP contribution in [0.5, 0.6) is 0 Å². The molecule has 0 aromatic rings. The Balaban J connectivity index is 1.88. The van der Waals surface area contributed by atoms with Crippen molar-refractivity contribution in [3.8, 4) is 0 Å². The summed E-state index contributed by atoms with van der Waals surface area (Å²) in [6.45, 7) is 3.78. The van der Waals surface area contributed by atoms with E-state index in [0.29, 0.717) is 6.54 Å². The number of hydrogen-bond acceptors (Lipinski definition) is 2. The van der Waals surface area contributed by atoms with Crippen LogP contribution in [0.1, 0.15) is 12.8 Å². The van der Waals surface area contributed by atoms with E-state index in [1.807, 2.05) is 0 Å². The first-order valence-electron chi connectivity index (χ1n) is 4.47. The quantitative estimate of drug-likeness (QED) is 0.594. The Kier molecular flexibility index (Phi) is 2.09. The molecule has 0 spiro atoms. The van der Waals surface area contributed by atoms with Gasteiger partial charge in [0.05, 0.1) is 0 Å². The molecule has 2 nitrogen and oxygen atoms in total. The molecule has 3 heteroatoms. The second-order valence-corrected chi connectivity index (χ2v) is 3.47. The number of piperidine rings is 1. The van der Waals surface area contributed by atoms with E-state index in [-0.39, 0.29) is 6.04 Å². The number of hydrogen-bond donors (Lipinski definition) is 1. The standard InChI is InChI=1S/C8H15FN2/c9-7-6-10-3-2-8(7)11-4-1-5-11/h7-8,10H,1-6H2/t7-,8+/m0/s1. The molecule has 0 saturated carbocycles. The van der Waals surface area contributed by atoms with Crippen LogP contribution in [0.4, 0.5) is 4.39 Å². The molecule has 0 aromatic carbocycles. The molecule has 2 aliphatic heterocycles. The molecule has 2 heterocycles. The molecule has 11 heavy (non-hydrogen) atoms. The third-order valence-corrected chi connectivity index (χ3v) is 2.73. The van der Waals surface area contributed by atoms with Crippen LogP contribution >= 0.6 is 0 Å². The molecule has 1 N–H and O–H groups in total. The van der Waals surface area contributed by atoms with E-state index in [4.69, 9.17) is 0 Å². The lowest BCUT2D eigenvalue weighted by Gasteiger charge is -2.42. The second-order valence-electron chi connectivity index (χ2n) is 3.47. The highest BCUT2D eigenvalue weighted by Crippen LogP contribution is 2.20. The van der Waals surface area contributed by atoms with Crippen molar-refractivity contribution in [2.75, 3.05) is 26.2 Å². The molecular weight excluding hydrogens is 143 g/mol. The minimum Gasteiger partial charge on any atom is -0.314 e. The lowest BCUT2D eigenvalue weighted by molar-refractivity contribution is 0.0404. The van der Waals surface area contributed by atoms with Gasteiger partial charge in [0.25, 0.3) is 0 Å². The Morgan fingerprint density at radius 2 is 2.18 bits per heavy atom. The van der Waals surface area contributed by atoms with Crippen molar-refractivity contribution in [2.45, 2.75) is 25.1 Å². The molecule has 0 aromatic heterocycles. The summed E-state index contributed by atoms with van der Waals surface area (Å²) in [5.74, 6) is 0. The molecule has 64 valence electrons. The van der Waals surface area contributed by atoms with Gasteiger partial charge in [-0.05, 0) is 32.5 Å². The maximum Gasteiger partial charge on any atom is 0.128 e. The molecule has 0 unspecified atom stereocenters.